The monoisotopic (exact) mass is 420 g/mol. The lowest BCUT2D eigenvalue weighted by atomic mass is 10.0. The van der Waals surface area contributed by atoms with E-state index in [0.717, 1.165) is 51.4 Å². The summed E-state index contributed by atoms with van der Waals surface area (Å²) in [5.74, 6) is -0.258. The number of esters is 1. The summed E-state index contributed by atoms with van der Waals surface area (Å²) < 4.78 is 10.9. The molecule has 0 radical (unpaired) electrons. The molecular weight excluding hydrogens is 380 g/mol. The number of carbonyl (C=O) groups is 1. The Labute approximate surface area is 182 Å². The van der Waals surface area contributed by atoms with Gasteiger partial charge in [-0.15, -0.1) is 6.58 Å². The molecule has 2 heterocycles. The molecule has 5 nitrogen and oxygen atoms in total. The van der Waals surface area contributed by atoms with E-state index < -0.39 is 0 Å². The van der Waals surface area contributed by atoms with E-state index in [9.17, 15) is 4.79 Å². The number of unbranched alkanes of at least 4 members (excludes halogenated alkanes) is 5. The molecule has 0 aliphatic carbocycles. The SMILES string of the molecule is C=CCC/C=C\C=C/CCCCCC[C@@H]1CC[C@@H]([C@@H]2CC[C@@H](CC(=O)OC)OO2)O1. The Morgan fingerprint density at radius 1 is 0.900 bits per heavy atom. The van der Waals surface area contributed by atoms with Crippen molar-refractivity contribution in [2.45, 2.75) is 108 Å². The van der Waals surface area contributed by atoms with E-state index in [2.05, 4.69) is 35.6 Å². The van der Waals surface area contributed by atoms with Crippen LogP contribution in [0, 0.1) is 0 Å². The van der Waals surface area contributed by atoms with Gasteiger partial charge in [0.25, 0.3) is 0 Å². The summed E-state index contributed by atoms with van der Waals surface area (Å²) in [4.78, 5) is 22.3. The summed E-state index contributed by atoms with van der Waals surface area (Å²) in [5, 5.41) is 0. The second-order valence-corrected chi connectivity index (χ2v) is 8.30. The summed E-state index contributed by atoms with van der Waals surface area (Å²) in [6.45, 7) is 3.72. The predicted octanol–water partition coefficient (Wildman–Crippen LogP) is 6.00. The number of hydrogen-bond donors (Lipinski definition) is 0. The highest BCUT2D eigenvalue weighted by molar-refractivity contribution is 5.69. The zero-order valence-corrected chi connectivity index (χ0v) is 18.6. The Bertz CT molecular complexity index is 534. The molecular formula is C25H40O5. The van der Waals surface area contributed by atoms with E-state index >= 15 is 0 Å². The van der Waals surface area contributed by atoms with E-state index in [0.29, 0.717) is 6.10 Å². The van der Waals surface area contributed by atoms with E-state index in [1.807, 2.05) is 6.08 Å². The third-order valence-electron chi connectivity index (χ3n) is 5.83. The van der Waals surface area contributed by atoms with E-state index in [4.69, 9.17) is 14.5 Å². The van der Waals surface area contributed by atoms with Gasteiger partial charge in [0, 0.05) is 0 Å². The van der Waals surface area contributed by atoms with Gasteiger partial charge in [-0.1, -0.05) is 49.6 Å². The fourth-order valence-electron chi connectivity index (χ4n) is 4.02. The zero-order chi connectivity index (χ0) is 21.4. The van der Waals surface area contributed by atoms with Crippen LogP contribution >= 0.6 is 0 Å². The third kappa shape index (κ3) is 10.1. The van der Waals surface area contributed by atoms with Crippen molar-refractivity contribution in [2.75, 3.05) is 7.11 Å². The minimum Gasteiger partial charge on any atom is -0.469 e. The summed E-state index contributed by atoms with van der Waals surface area (Å²) in [7, 11) is 1.39. The number of carbonyl (C=O) groups excluding carboxylic acids is 1. The van der Waals surface area contributed by atoms with Gasteiger partial charge in [0.2, 0.25) is 0 Å². The fourth-order valence-corrected chi connectivity index (χ4v) is 4.02. The number of methoxy groups -OCH3 is 1. The van der Waals surface area contributed by atoms with Crippen molar-refractivity contribution in [3.05, 3.63) is 37.0 Å². The normalized spacial score (nSPS) is 27.1. The molecule has 0 unspecified atom stereocenters. The molecule has 0 spiro atoms. The van der Waals surface area contributed by atoms with Gasteiger partial charge >= 0.3 is 5.97 Å². The van der Waals surface area contributed by atoms with Crippen molar-refractivity contribution in [2.24, 2.45) is 0 Å². The van der Waals surface area contributed by atoms with Gasteiger partial charge in [-0.05, 0) is 57.8 Å². The minimum atomic E-state index is -0.258. The minimum absolute atomic E-state index is 0.0125. The van der Waals surface area contributed by atoms with Crippen LogP contribution in [-0.4, -0.2) is 37.5 Å². The average Bonchev–Trinajstić information content (AvgIpc) is 3.24. The molecule has 170 valence electrons. The van der Waals surface area contributed by atoms with E-state index in [-0.39, 0.29) is 30.7 Å². The number of rotatable bonds is 14. The van der Waals surface area contributed by atoms with Crippen molar-refractivity contribution >= 4 is 5.97 Å². The zero-order valence-electron chi connectivity index (χ0n) is 18.6. The maximum atomic E-state index is 11.3. The van der Waals surface area contributed by atoms with Gasteiger partial charge in [-0.2, -0.15) is 0 Å². The summed E-state index contributed by atoms with van der Waals surface area (Å²) in [6.07, 6.45) is 24.5. The van der Waals surface area contributed by atoms with Crippen molar-refractivity contribution in [1.29, 1.82) is 0 Å². The fraction of sp³-hybridized carbons (Fsp3) is 0.720. The second kappa shape index (κ2) is 15.4. The Morgan fingerprint density at radius 2 is 1.63 bits per heavy atom. The van der Waals surface area contributed by atoms with Crippen LogP contribution < -0.4 is 0 Å². The predicted molar refractivity (Wildman–Crippen MR) is 119 cm³/mol. The molecule has 2 rings (SSSR count). The quantitative estimate of drug-likeness (QED) is 0.113. The van der Waals surface area contributed by atoms with Crippen LogP contribution in [0.5, 0.6) is 0 Å². The number of ether oxygens (including phenoxy) is 2. The van der Waals surface area contributed by atoms with Crippen molar-refractivity contribution in [3.63, 3.8) is 0 Å². The first kappa shape index (κ1) is 24.8. The molecule has 0 saturated carbocycles. The molecule has 0 aromatic heterocycles. The first-order chi connectivity index (χ1) is 14.7. The van der Waals surface area contributed by atoms with Gasteiger partial charge in [0.15, 0.2) is 0 Å². The van der Waals surface area contributed by atoms with Gasteiger partial charge in [-0.25, -0.2) is 9.78 Å². The molecule has 2 aliphatic rings. The summed E-state index contributed by atoms with van der Waals surface area (Å²) in [5.41, 5.74) is 0. The van der Waals surface area contributed by atoms with E-state index in [1.54, 1.807) is 0 Å². The molecule has 0 amide bonds. The summed E-state index contributed by atoms with van der Waals surface area (Å²) in [6, 6.07) is 0. The third-order valence-corrected chi connectivity index (χ3v) is 5.83. The van der Waals surface area contributed by atoms with Crippen LogP contribution in [0.2, 0.25) is 0 Å². The van der Waals surface area contributed by atoms with Crippen LogP contribution in [0.1, 0.15) is 83.5 Å². The van der Waals surface area contributed by atoms with Crippen LogP contribution in [0.3, 0.4) is 0 Å². The van der Waals surface area contributed by atoms with Crippen LogP contribution in [-0.2, 0) is 24.0 Å². The lowest BCUT2D eigenvalue weighted by Gasteiger charge is -2.30. The molecule has 2 fully saturated rings. The van der Waals surface area contributed by atoms with Gasteiger partial charge < -0.3 is 9.47 Å². The topological polar surface area (TPSA) is 54.0 Å². The van der Waals surface area contributed by atoms with Crippen LogP contribution in [0.15, 0.2) is 37.0 Å². The molecule has 0 aromatic rings. The lowest BCUT2D eigenvalue weighted by Crippen LogP contribution is -2.37. The Balaban J connectivity index is 1.46. The smallest absolute Gasteiger partial charge is 0.308 e. The lowest BCUT2D eigenvalue weighted by molar-refractivity contribution is -0.385. The van der Waals surface area contributed by atoms with Crippen molar-refractivity contribution in [1.82, 2.24) is 0 Å². The summed E-state index contributed by atoms with van der Waals surface area (Å²) >= 11 is 0. The van der Waals surface area contributed by atoms with Crippen molar-refractivity contribution in [3.8, 4) is 0 Å². The first-order valence-corrected chi connectivity index (χ1v) is 11.7. The molecule has 2 aliphatic heterocycles. The highest BCUT2D eigenvalue weighted by Crippen LogP contribution is 2.32. The first-order valence-electron chi connectivity index (χ1n) is 11.7. The van der Waals surface area contributed by atoms with Crippen LogP contribution in [0.25, 0.3) is 0 Å². The maximum Gasteiger partial charge on any atom is 0.308 e. The average molecular weight is 421 g/mol. The second-order valence-electron chi connectivity index (χ2n) is 8.30. The van der Waals surface area contributed by atoms with Crippen LogP contribution in [0.4, 0.5) is 0 Å². The molecule has 4 atom stereocenters. The Kier molecular flexibility index (Phi) is 12.7. The number of allylic oxidation sites excluding steroid dienone is 5. The molecule has 0 aromatic carbocycles. The molecule has 2 saturated heterocycles. The highest BCUT2D eigenvalue weighted by Gasteiger charge is 2.36. The molecule has 5 heteroatoms. The molecule has 0 N–H and O–H groups in total. The highest BCUT2D eigenvalue weighted by atomic mass is 17.2. The maximum absolute atomic E-state index is 11.3. The van der Waals surface area contributed by atoms with Crippen molar-refractivity contribution < 1.29 is 24.0 Å². The standard InChI is InChI=1S/C25H40O5/c1-3-4-5-6-7-8-9-10-11-12-13-14-15-21-16-18-23(28-21)24-19-17-22(29-30-24)20-25(26)27-2/h3,6-9,21-24H,1,4-5,10-20H2,2H3/b7-6-,9-8-/t21-,22+,23+,24+/m1/s1. The molecule has 0 bridgehead atoms. The van der Waals surface area contributed by atoms with Gasteiger partial charge in [0.05, 0.1) is 25.7 Å². The Hall–Kier alpha value is -1.43. The largest absolute Gasteiger partial charge is 0.469 e. The Morgan fingerprint density at radius 3 is 2.37 bits per heavy atom. The molecule has 30 heavy (non-hydrogen) atoms. The van der Waals surface area contributed by atoms with Gasteiger partial charge in [0.1, 0.15) is 12.2 Å². The van der Waals surface area contributed by atoms with Gasteiger partial charge in [-0.3, -0.25) is 4.79 Å². The number of hydrogen-bond acceptors (Lipinski definition) is 5. The van der Waals surface area contributed by atoms with E-state index in [1.165, 1.54) is 32.8 Å².